The van der Waals surface area contributed by atoms with Gasteiger partial charge in [-0.2, -0.15) is 0 Å². The second kappa shape index (κ2) is 8.83. The van der Waals surface area contributed by atoms with Crippen molar-refractivity contribution >= 4 is 11.2 Å². The lowest BCUT2D eigenvalue weighted by Gasteiger charge is -2.22. The Morgan fingerprint density at radius 1 is 0.800 bits per heavy atom. The van der Waals surface area contributed by atoms with Gasteiger partial charge in [-0.1, -0.05) is 74.0 Å². The molecule has 0 fully saturated rings. The van der Waals surface area contributed by atoms with Gasteiger partial charge in [-0.15, -0.1) is 11.2 Å². The molecular formula is C18H24OS. The van der Waals surface area contributed by atoms with Crippen LogP contribution in [-0.2, 0) is 15.7 Å². The van der Waals surface area contributed by atoms with Crippen molar-refractivity contribution in [3.8, 4) is 0 Å². The first-order chi connectivity index (χ1) is 9.88. The van der Waals surface area contributed by atoms with Crippen LogP contribution in [-0.4, -0.2) is 6.61 Å². The smallest absolute Gasteiger partial charge is 0.0589 e. The van der Waals surface area contributed by atoms with Gasteiger partial charge in [0.15, 0.2) is 0 Å². The Labute approximate surface area is 125 Å². The third kappa shape index (κ3) is 5.40. The fourth-order valence-corrected chi connectivity index (χ4v) is 3.98. The van der Waals surface area contributed by atoms with Crippen LogP contribution in [0, 0.1) is 0 Å². The molecule has 0 aliphatic carbocycles. The van der Waals surface area contributed by atoms with Crippen molar-refractivity contribution < 1.29 is 4.18 Å². The Morgan fingerprint density at radius 2 is 1.30 bits per heavy atom. The van der Waals surface area contributed by atoms with Gasteiger partial charge in [0.05, 0.1) is 6.61 Å². The summed E-state index contributed by atoms with van der Waals surface area (Å²) >= 11 is -0.425. The summed E-state index contributed by atoms with van der Waals surface area (Å²) in [5.74, 6) is 2.10. The molecule has 0 atom stereocenters. The van der Waals surface area contributed by atoms with Crippen molar-refractivity contribution in [2.45, 2.75) is 31.3 Å². The van der Waals surface area contributed by atoms with E-state index in [0.29, 0.717) is 0 Å². The quantitative estimate of drug-likeness (QED) is 0.524. The minimum Gasteiger partial charge on any atom is -0.339 e. The largest absolute Gasteiger partial charge is 0.339 e. The summed E-state index contributed by atoms with van der Waals surface area (Å²) in [6, 6.07) is 21.4. The Morgan fingerprint density at radius 3 is 1.75 bits per heavy atom. The Balaban J connectivity index is 1.96. The van der Waals surface area contributed by atoms with Gasteiger partial charge in [-0.3, -0.25) is 0 Å². The molecule has 0 heterocycles. The van der Waals surface area contributed by atoms with Crippen molar-refractivity contribution in [1.82, 2.24) is 0 Å². The maximum atomic E-state index is 6.16. The van der Waals surface area contributed by atoms with E-state index in [1.54, 1.807) is 0 Å². The highest BCUT2D eigenvalue weighted by Crippen LogP contribution is 2.35. The van der Waals surface area contributed by atoms with Crippen molar-refractivity contribution in [3.05, 3.63) is 71.8 Å². The molecule has 0 saturated carbocycles. The third-order valence-electron chi connectivity index (χ3n) is 3.18. The second-order valence-electron chi connectivity index (χ2n) is 4.96. The van der Waals surface area contributed by atoms with E-state index in [1.165, 1.54) is 17.5 Å². The molecule has 2 aromatic carbocycles. The molecule has 0 spiro atoms. The summed E-state index contributed by atoms with van der Waals surface area (Å²) in [5, 5.41) is 0. The van der Waals surface area contributed by atoms with Crippen LogP contribution < -0.4 is 0 Å². The minimum absolute atomic E-state index is 0.425. The highest BCUT2D eigenvalue weighted by molar-refractivity contribution is 8.11. The minimum atomic E-state index is -0.425. The monoisotopic (exact) mass is 288 g/mol. The molecule has 0 aliphatic heterocycles. The standard InChI is InChI=1S/C18H24OS/c1-2-3-14-19-20(15-17-10-6-4-7-11-17)16-18-12-8-5-9-13-18/h4-13,20H,2-3,14-16H2,1H3. The van der Waals surface area contributed by atoms with Gasteiger partial charge < -0.3 is 4.18 Å². The first-order valence-electron chi connectivity index (χ1n) is 7.34. The molecule has 0 aliphatic rings. The molecule has 108 valence electrons. The fourth-order valence-electron chi connectivity index (χ4n) is 2.06. The molecule has 0 bridgehead atoms. The van der Waals surface area contributed by atoms with Crippen LogP contribution in [0.3, 0.4) is 0 Å². The van der Waals surface area contributed by atoms with E-state index in [4.69, 9.17) is 4.18 Å². The summed E-state index contributed by atoms with van der Waals surface area (Å²) in [6.07, 6.45) is 2.35. The van der Waals surface area contributed by atoms with Crippen LogP contribution in [0.1, 0.15) is 30.9 Å². The first kappa shape index (κ1) is 15.1. The number of unbranched alkanes of at least 4 members (excludes halogenated alkanes) is 1. The number of rotatable bonds is 8. The lowest BCUT2D eigenvalue weighted by molar-refractivity contribution is 0.353. The lowest BCUT2D eigenvalue weighted by atomic mass is 10.2. The van der Waals surface area contributed by atoms with Gasteiger partial charge in [0.1, 0.15) is 0 Å². The highest BCUT2D eigenvalue weighted by atomic mass is 32.2. The Kier molecular flexibility index (Phi) is 6.69. The SMILES string of the molecule is CCCCO[SH](Cc1ccccc1)Cc1ccccc1. The van der Waals surface area contributed by atoms with E-state index in [2.05, 4.69) is 67.6 Å². The number of benzene rings is 2. The van der Waals surface area contributed by atoms with Gasteiger partial charge in [0.2, 0.25) is 0 Å². The predicted molar refractivity (Wildman–Crippen MR) is 90.1 cm³/mol. The maximum Gasteiger partial charge on any atom is 0.0589 e. The van der Waals surface area contributed by atoms with Crippen molar-refractivity contribution in [3.63, 3.8) is 0 Å². The van der Waals surface area contributed by atoms with Gasteiger partial charge in [0.25, 0.3) is 0 Å². The molecule has 0 radical (unpaired) electrons. The molecule has 20 heavy (non-hydrogen) atoms. The van der Waals surface area contributed by atoms with E-state index >= 15 is 0 Å². The van der Waals surface area contributed by atoms with Crippen LogP contribution in [0.2, 0.25) is 0 Å². The summed E-state index contributed by atoms with van der Waals surface area (Å²) in [4.78, 5) is 0. The molecular weight excluding hydrogens is 264 g/mol. The average Bonchev–Trinajstić information content (AvgIpc) is 2.49. The fraction of sp³-hybridized carbons (Fsp3) is 0.333. The highest BCUT2D eigenvalue weighted by Gasteiger charge is 2.07. The van der Waals surface area contributed by atoms with Gasteiger partial charge >= 0.3 is 0 Å². The molecule has 2 heteroatoms. The van der Waals surface area contributed by atoms with Crippen LogP contribution in [0.5, 0.6) is 0 Å². The molecule has 0 saturated heterocycles. The summed E-state index contributed by atoms with van der Waals surface area (Å²) < 4.78 is 6.16. The summed E-state index contributed by atoms with van der Waals surface area (Å²) in [6.45, 7) is 3.10. The van der Waals surface area contributed by atoms with E-state index in [1.807, 2.05) is 0 Å². The topological polar surface area (TPSA) is 9.23 Å². The van der Waals surface area contributed by atoms with E-state index in [-0.39, 0.29) is 0 Å². The second-order valence-corrected chi connectivity index (χ2v) is 6.81. The van der Waals surface area contributed by atoms with Gasteiger partial charge in [-0.05, 0) is 17.5 Å². The van der Waals surface area contributed by atoms with Gasteiger partial charge in [-0.25, -0.2) is 0 Å². The van der Waals surface area contributed by atoms with Crippen LogP contribution in [0.15, 0.2) is 60.7 Å². The Hall–Kier alpha value is -1.25. The number of hydrogen-bond acceptors (Lipinski definition) is 1. The van der Waals surface area contributed by atoms with Crippen molar-refractivity contribution in [2.75, 3.05) is 6.61 Å². The number of thiol groups is 1. The van der Waals surface area contributed by atoms with E-state index in [0.717, 1.165) is 24.5 Å². The van der Waals surface area contributed by atoms with Crippen LogP contribution in [0.25, 0.3) is 0 Å². The van der Waals surface area contributed by atoms with Crippen LogP contribution in [0.4, 0.5) is 0 Å². The van der Waals surface area contributed by atoms with Crippen LogP contribution >= 0.6 is 11.2 Å². The molecule has 0 N–H and O–H groups in total. The normalized spacial score (nSPS) is 11.3. The third-order valence-corrected chi connectivity index (χ3v) is 5.16. The molecule has 0 aromatic heterocycles. The summed E-state index contributed by atoms with van der Waals surface area (Å²) in [7, 11) is 0. The molecule has 0 unspecified atom stereocenters. The predicted octanol–water partition coefficient (Wildman–Crippen LogP) is 5.12. The average molecular weight is 288 g/mol. The maximum absolute atomic E-state index is 6.16. The first-order valence-corrected chi connectivity index (χ1v) is 8.97. The zero-order valence-corrected chi connectivity index (χ0v) is 13.1. The Bertz CT molecular complexity index is 428. The van der Waals surface area contributed by atoms with Gasteiger partial charge in [0, 0.05) is 11.5 Å². The molecule has 0 amide bonds. The molecule has 1 nitrogen and oxygen atoms in total. The zero-order chi connectivity index (χ0) is 14.0. The van der Waals surface area contributed by atoms with Crippen molar-refractivity contribution in [1.29, 1.82) is 0 Å². The van der Waals surface area contributed by atoms with E-state index in [9.17, 15) is 0 Å². The number of hydrogen-bond donors (Lipinski definition) is 1. The zero-order valence-electron chi connectivity index (χ0n) is 12.2. The van der Waals surface area contributed by atoms with E-state index < -0.39 is 11.2 Å². The van der Waals surface area contributed by atoms with Crippen molar-refractivity contribution in [2.24, 2.45) is 0 Å². The lowest BCUT2D eigenvalue weighted by Crippen LogP contribution is -1.99. The summed E-state index contributed by atoms with van der Waals surface area (Å²) in [5.41, 5.74) is 2.76. The molecule has 2 rings (SSSR count). The molecule has 2 aromatic rings.